The molecule has 0 heterocycles. The van der Waals surface area contributed by atoms with Crippen molar-refractivity contribution >= 4 is 43.5 Å². The molecule has 0 bridgehead atoms. The number of carbonyl (C=O) groups is 2. The largest absolute Gasteiger partial charge is 0.355 e. The lowest BCUT2D eigenvalue weighted by atomic mass is 10.0. The van der Waals surface area contributed by atoms with Gasteiger partial charge in [0.1, 0.15) is 12.6 Å². The average molecular weight is 587 g/mol. The second-order valence-electron chi connectivity index (χ2n) is 8.81. The number of aryl methyl sites for hydroxylation is 1. The molecule has 3 aromatic rings. The minimum absolute atomic E-state index is 0.137. The van der Waals surface area contributed by atoms with Crippen LogP contribution in [0.25, 0.3) is 0 Å². The van der Waals surface area contributed by atoms with E-state index in [0.717, 1.165) is 31.7 Å². The van der Waals surface area contributed by atoms with Crippen LogP contribution in [-0.4, -0.2) is 50.5 Å². The molecule has 0 aromatic heterocycles. The molecule has 9 heteroatoms. The molecule has 1 unspecified atom stereocenters. The Bertz CT molecular complexity index is 1330. The zero-order valence-electron chi connectivity index (χ0n) is 21.2. The van der Waals surface area contributed by atoms with E-state index in [1.54, 1.807) is 25.1 Å². The summed E-state index contributed by atoms with van der Waals surface area (Å²) in [4.78, 5) is 28.7. The van der Waals surface area contributed by atoms with Crippen LogP contribution >= 0.6 is 15.9 Å². The van der Waals surface area contributed by atoms with Crippen LogP contribution in [0.15, 0.2) is 83.3 Å². The van der Waals surface area contributed by atoms with Crippen LogP contribution < -0.4 is 9.62 Å². The molecule has 196 valence electrons. The number of benzene rings is 3. The fourth-order valence-electron chi connectivity index (χ4n) is 4.12. The number of halogens is 1. The van der Waals surface area contributed by atoms with Gasteiger partial charge in [0.25, 0.3) is 0 Å². The molecule has 0 aliphatic heterocycles. The van der Waals surface area contributed by atoms with Crippen molar-refractivity contribution < 1.29 is 18.0 Å². The van der Waals surface area contributed by atoms with Crippen LogP contribution in [0.4, 0.5) is 5.69 Å². The molecule has 0 saturated carbocycles. The van der Waals surface area contributed by atoms with Gasteiger partial charge >= 0.3 is 0 Å². The summed E-state index contributed by atoms with van der Waals surface area (Å²) in [6.07, 6.45) is 1.37. The van der Waals surface area contributed by atoms with Gasteiger partial charge in [0.05, 0.1) is 11.9 Å². The van der Waals surface area contributed by atoms with Gasteiger partial charge in [-0.1, -0.05) is 76.6 Å². The first-order chi connectivity index (χ1) is 17.6. The maximum Gasteiger partial charge on any atom is 0.244 e. The van der Waals surface area contributed by atoms with Crippen molar-refractivity contribution in [1.82, 2.24) is 10.2 Å². The first-order valence-electron chi connectivity index (χ1n) is 12.0. The Labute approximate surface area is 227 Å². The number of rotatable bonds is 11. The Morgan fingerprint density at radius 2 is 1.59 bits per heavy atom. The number of para-hydroxylation sites is 1. The summed E-state index contributed by atoms with van der Waals surface area (Å²) >= 11 is 3.47. The van der Waals surface area contributed by atoms with Gasteiger partial charge in [-0.05, 0) is 48.7 Å². The van der Waals surface area contributed by atoms with Crippen LogP contribution in [0.5, 0.6) is 0 Å². The van der Waals surface area contributed by atoms with E-state index in [0.29, 0.717) is 12.2 Å². The molecular weight excluding hydrogens is 554 g/mol. The summed E-state index contributed by atoms with van der Waals surface area (Å²) in [5.41, 5.74) is 2.86. The number of nitrogens with zero attached hydrogens (tertiary/aromatic N) is 2. The first-order valence-corrected chi connectivity index (χ1v) is 14.6. The number of likely N-dealkylation sites (N-methyl/N-ethyl adjacent to an activating group) is 1. The fraction of sp³-hybridized carbons (Fsp3) is 0.286. The number of hydrogen-bond donors (Lipinski definition) is 1. The lowest BCUT2D eigenvalue weighted by Gasteiger charge is -2.33. The molecule has 7 nitrogen and oxygen atoms in total. The number of carbonyl (C=O) groups excluding carboxylic acids is 2. The summed E-state index contributed by atoms with van der Waals surface area (Å²) in [6, 6.07) is 23.1. The average Bonchev–Trinajstić information content (AvgIpc) is 2.85. The van der Waals surface area contributed by atoms with Crippen molar-refractivity contribution in [3.05, 3.63) is 100 Å². The summed E-state index contributed by atoms with van der Waals surface area (Å²) in [5.74, 6) is -0.766. The van der Waals surface area contributed by atoms with Gasteiger partial charge in [0, 0.05) is 24.0 Å². The van der Waals surface area contributed by atoms with Gasteiger partial charge in [0.15, 0.2) is 0 Å². The normalized spacial score (nSPS) is 12.0. The van der Waals surface area contributed by atoms with Gasteiger partial charge in [-0.15, -0.1) is 0 Å². The molecule has 1 N–H and O–H groups in total. The lowest BCUT2D eigenvalue weighted by molar-refractivity contribution is -0.140. The number of hydrogen-bond acceptors (Lipinski definition) is 4. The van der Waals surface area contributed by atoms with E-state index in [-0.39, 0.29) is 18.9 Å². The maximum atomic E-state index is 13.9. The number of nitrogens with one attached hydrogen (secondary N) is 1. The zero-order valence-corrected chi connectivity index (χ0v) is 23.6. The second kappa shape index (κ2) is 12.9. The minimum Gasteiger partial charge on any atom is -0.355 e. The quantitative estimate of drug-likeness (QED) is 0.363. The maximum absolute atomic E-state index is 13.9. The molecule has 37 heavy (non-hydrogen) atoms. The molecule has 0 radical (unpaired) electrons. The summed E-state index contributed by atoms with van der Waals surface area (Å²) in [7, 11) is -3.79. The van der Waals surface area contributed by atoms with E-state index < -0.39 is 28.5 Å². The van der Waals surface area contributed by atoms with Crippen molar-refractivity contribution in [2.45, 2.75) is 32.9 Å². The van der Waals surface area contributed by atoms with Gasteiger partial charge in [0.2, 0.25) is 21.8 Å². The molecule has 3 rings (SSSR count). The van der Waals surface area contributed by atoms with E-state index >= 15 is 0 Å². The van der Waals surface area contributed by atoms with Crippen molar-refractivity contribution in [2.75, 3.05) is 23.7 Å². The smallest absolute Gasteiger partial charge is 0.244 e. The molecule has 0 fully saturated rings. The standard InChI is InChI=1S/C28H32BrN3O4S/c1-4-30-28(34)26(18-22-12-6-5-7-13-22)31(19-23-14-10-15-24(29)17-23)27(33)20-32(37(3,35)36)25-16-9-8-11-21(25)2/h5-17,26H,4,18-20H2,1-3H3,(H,30,34). The monoisotopic (exact) mass is 585 g/mol. The zero-order chi connectivity index (χ0) is 27.0. The number of anilines is 1. The van der Waals surface area contributed by atoms with E-state index in [1.165, 1.54) is 4.90 Å². The van der Waals surface area contributed by atoms with Gasteiger partial charge in [-0.3, -0.25) is 13.9 Å². The second-order valence-corrected chi connectivity index (χ2v) is 11.6. The molecule has 2 amide bonds. The molecule has 1 atom stereocenters. The summed E-state index contributed by atoms with van der Waals surface area (Å²) in [5, 5.41) is 2.85. The van der Waals surface area contributed by atoms with Gasteiger partial charge in [-0.2, -0.15) is 0 Å². The van der Waals surface area contributed by atoms with Crippen LogP contribution in [0.3, 0.4) is 0 Å². The van der Waals surface area contributed by atoms with Crippen molar-refractivity contribution in [3.63, 3.8) is 0 Å². The van der Waals surface area contributed by atoms with Crippen LogP contribution in [0.2, 0.25) is 0 Å². The Kier molecular flexibility index (Phi) is 9.88. The highest BCUT2D eigenvalue weighted by molar-refractivity contribution is 9.10. The number of sulfonamides is 1. The minimum atomic E-state index is -3.79. The first kappa shape index (κ1) is 28.4. The molecular formula is C28H32BrN3O4S. The van der Waals surface area contributed by atoms with Crippen LogP contribution in [-0.2, 0) is 32.6 Å². The molecule has 0 spiro atoms. The van der Waals surface area contributed by atoms with Crippen molar-refractivity contribution in [3.8, 4) is 0 Å². The third-order valence-corrected chi connectivity index (χ3v) is 7.55. The highest BCUT2D eigenvalue weighted by atomic mass is 79.9. The third kappa shape index (κ3) is 7.90. The Morgan fingerprint density at radius 1 is 0.946 bits per heavy atom. The van der Waals surface area contributed by atoms with Gasteiger partial charge in [-0.25, -0.2) is 8.42 Å². The molecule has 0 aliphatic carbocycles. The van der Waals surface area contributed by atoms with Crippen LogP contribution in [0.1, 0.15) is 23.6 Å². The molecule has 0 aliphatic rings. The predicted molar refractivity (Wildman–Crippen MR) is 151 cm³/mol. The van der Waals surface area contributed by atoms with E-state index in [4.69, 9.17) is 0 Å². The highest BCUT2D eigenvalue weighted by Crippen LogP contribution is 2.24. The Morgan fingerprint density at radius 3 is 2.22 bits per heavy atom. The third-order valence-electron chi connectivity index (χ3n) is 5.93. The topological polar surface area (TPSA) is 86.8 Å². The molecule has 0 saturated heterocycles. The van der Waals surface area contributed by atoms with Gasteiger partial charge < -0.3 is 10.2 Å². The number of amides is 2. The van der Waals surface area contributed by atoms with E-state index in [9.17, 15) is 18.0 Å². The Hall–Kier alpha value is -3.17. The van der Waals surface area contributed by atoms with Crippen LogP contribution in [0, 0.1) is 6.92 Å². The van der Waals surface area contributed by atoms with E-state index in [1.807, 2.05) is 67.6 Å². The van der Waals surface area contributed by atoms with Crippen molar-refractivity contribution in [2.24, 2.45) is 0 Å². The van der Waals surface area contributed by atoms with Crippen molar-refractivity contribution in [1.29, 1.82) is 0 Å². The summed E-state index contributed by atoms with van der Waals surface area (Å²) < 4.78 is 27.6. The summed E-state index contributed by atoms with van der Waals surface area (Å²) in [6.45, 7) is 3.73. The van der Waals surface area contributed by atoms with E-state index in [2.05, 4.69) is 21.2 Å². The predicted octanol–water partition coefficient (Wildman–Crippen LogP) is 4.30. The fourth-order valence-corrected chi connectivity index (χ4v) is 5.47. The Balaban J connectivity index is 2.05. The highest BCUT2D eigenvalue weighted by Gasteiger charge is 2.33. The molecule has 3 aromatic carbocycles. The SMILES string of the molecule is CCNC(=O)C(Cc1ccccc1)N(Cc1cccc(Br)c1)C(=O)CN(c1ccccc1C)S(C)(=O)=O. The lowest BCUT2D eigenvalue weighted by Crippen LogP contribution is -2.53.